The fourth-order valence-electron chi connectivity index (χ4n) is 2.45. The van der Waals surface area contributed by atoms with Crippen molar-refractivity contribution in [2.75, 3.05) is 7.05 Å². The highest BCUT2D eigenvalue weighted by atomic mass is 16.6. The van der Waals surface area contributed by atoms with Crippen LogP contribution in [0.1, 0.15) is 19.4 Å². The number of para-hydroxylation sites is 1. The van der Waals surface area contributed by atoms with E-state index in [1.807, 2.05) is 19.2 Å². The third-order valence-corrected chi connectivity index (χ3v) is 3.65. The van der Waals surface area contributed by atoms with E-state index in [2.05, 4.69) is 24.1 Å². The van der Waals surface area contributed by atoms with Gasteiger partial charge in [0.1, 0.15) is 5.52 Å². The number of nitrogens with zero attached hydrogens (tertiary/aromatic N) is 2. The Balaban J connectivity index is 2.50. The molecule has 1 heterocycles. The largest absolute Gasteiger partial charge is 0.316 e. The number of likely N-dealkylation sites (N-methyl/N-ethyl adjacent to an activating group) is 1. The zero-order valence-corrected chi connectivity index (χ0v) is 12.0. The van der Waals surface area contributed by atoms with E-state index >= 15 is 0 Å². The Morgan fingerprint density at radius 1 is 1.35 bits per heavy atom. The molecular formula is C15H19N3O2. The SMILES string of the molecule is CNC(Cc1ccnc2c([N+](=O)[O-])cccc12)C(C)C. The van der Waals surface area contributed by atoms with E-state index in [1.165, 1.54) is 6.07 Å². The highest BCUT2D eigenvalue weighted by Gasteiger charge is 2.17. The predicted molar refractivity (Wildman–Crippen MR) is 79.8 cm³/mol. The lowest BCUT2D eigenvalue weighted by Gasteiger charge is -2.20. The number of pyridine rings is 1. The first-order valence-electron chi connectivity index (χ1n) is 6.73. The normalized spacial score (nSPS) is 12.8. The molecule has 0 fully saturated rings. The van der Waals surface area contributed by atoms with Gasteiger partial charge in [0.05, 0.1) is 4.92 Å². The lowest BCUT2D eigenvalue weighted by molar-refractivity contribution is -0.383. The maximum absolute atomic E-state index is 11.1. The fourth-order valence-corrected chi connectivity index (χ4v) is 2.45. The molecule has 20 heavy (non-hydrogen) atoms. The van der Waals surface area contributed by atoms with Gasteiger partial charge in [-0.05, 0) is 31.0 Å². The van der Waals surface area contributed by atoms with E-state index < -0.39 is 0 Å². The van der Waals surface area contributed by atoms with E-state index in [-0.39, 0.29) is 10.6 Å². The molecule has 0 bridgehead atoms. The number of hydrogen-bond acceptors (Lipinski definition) is 4. The van der Waals surface area contributed by atoms with Gasteiger partial charge in [0.25, 0.3) is 5.69 Å². The second-order valence-corrected chi connectivity index (χ2v) is 5.24. The van der Waals surface area contributed by atoms with Crippen molar-refractivity contribution in [1.29, 1.82) is 0 Å². The minimum atomic E-state index is -0.378. The Kier molecular flexibility index (Phi) is 4.29. The molecule has 1 N–H and O–H groups in total. The molecule has 0 aliphatic heterocycles. The lowest BCUT2D eigenvalue weighted by atomic mass is 9.94. The van der Waals surface area contributed by atoms with Gasteiger partial charge < -0.3 is 5.32 Å². The predicted octanol–water partition coefficient (Wildman–Crippen LogP) is 2.93. The Labute approximate surface area is 118 Å². The van der Waals surface area contributed by atoms with Crippen LogP contribution in [0.4, 0.5) is 5.69 Å². The number of non-ortho nitro benzene ring substituents is 1. The molecule has 5 heteroatoms. The van der Waals surface area contributed by atoms with Crippen molar-refractivity contribution in [2.45, 2.75) is 26.3 Å². The number of benzene rings is 1. The molecule has 0 saturated heterocycles. The van der Waals surface area contributed by atoms with Gasteiger partial charge in [-0.1, -0.05) is 26.0 Å². The maximum Gasteiger partial charge on any atom is 0.295 e. The van der Waals surface area contributed by atoms with Gasteiger partial charge in [0, 0.05) is 23.7 Å². The topological polar surface area (TPSA) is 68.1 Å². The lowest BCUT2D eigenvalue weighted by Crippen LogP contribution is -2.32. The van der Waals surface area contributed by atoms with Crippen LogP contribution in [0.15, 0.2) is 30.5 Å². The van der Waals surface area contributed by atoms with Crippen LogP contribution in [-0.4, -0.2) is 23.0 Å². The fraction of sp³-hybridized carbons (Fsp3) is 0.400. The maximum atomic E-state index is 11.1. The van der Waals surface area contributed by atoms with Crippen LogP contribution in [0.2, 0.25) is 0 Å². The summed E-state index contributed by atoms with van der Waals surface area (Å²) in [4.78, 5) is 14.9. The van der Waals surface area contributed by atoms with Crippen molar-refractivity contribution in [1.82, 2.24) is 10.3 Å². The molecule has 0 aliphatic rings. The Hall–Kier alpha value is -2.01. The van der Waals surface area contributed by atoms with Crippen molar-refractivity contribution in [2.24, 2.45) is 5.92 Å². The van der Waals surface area contributed by atoms with E-state index in [9.17, 15) is 10.1 Å². The van der Waals surface area contributed by atoms with Crippen LogP contribution >= 0.6 is 0 Å². The van der Waals surface area contributed by atoms with E-state index in [1.54, 1.807) is 12.3 Å². The molecule has 2 rings (SSSR count). The van der Waals surface area contributed by atoms with Crippen LogP contribution in [0, 0.1) is 16.0 Å². The summed E-state index contributed by atoms with van der Waals surface area (Å²) in [5.74, 6) is 0.488. The molecule has 1 aromatic carbocycles. The van der Waals surface area contributed by atoms with Gasteiger partial charge in [0.2, 0.25) is 0 Å². The first kappa shape index (κ1) is 14.4. The third-order valence-electron chi connectivity index (χ3n) is 3.65. The van der Waals surface area contributed by atoms with Crippen LogP contribution in [0.5, 0.6) is 0 Å². The smallest absolute Gasteiger partial charge is 0.295 e. The summed E-state index contributed by atoms with van der Waals surface area (Å²) >= 11 is 0. The zero-order chi connectivity index (χ0) is 14.7. The average molecular weight is 273 g/mol. The van der Waals surface area contributed by atoms with Crippen LogP contribution < -0.4 is 5.32 Å². The summed E-state index contributed by atoms with van der Waals surface area (Å²) in [6, 6.07) is 7.39. The van der Waals surface area contributed by atoms with Crippen LogP contribution in [-0.2, 0) is 6.42 Å². The number of nitrogens with one attached hydrogen (secondary N) is 1. The molecule has 0 saturated carbocycles. The number of aromatic nitrogens is 1. The first-order valence-corrected chi connectivity index (χ1v) is 6.73. The van der Waals surface area contributed by atoms with Gasteiger partial charge in [0.15, 0.2) is 0 Å². The molecule has 0 spiro atoms. The summed E-state index contributed by atoms with van der Waals surface area (Å²) in [7, 11) is 1.94. The summed E-state index contributed by atoms with van der Waals surface area (Å²) in [5.41, 5.74) is 1.62. The van der Waals surface area contributed by atoms with Crippen molar-refractivity contribution in [3.8, 4) is 0 Å². The highest BCUT2D eigenvalue weighted by molar-refractivity contribution is 5.89. The van der Waals surface area contributed by atoms with Gasteiger partial charge in [-0.25, -0.2) is 4.98 Å². The molecule has 1 atom stereocenters. The number of hydrogen-bond donors (Lipinski definition) is 1. The molecule has 5 nitrogen and oxygen atoms in total. The standard InChI is InChI=1S/C15H19N3O2/c1-10(2)13(16-3)9-11-7-8-17-15-12(11)5-4-6-14(15)18(19)20/h4-8,10,13,16H,9H2,1-3H3. The second-order valence-electron chi connectivity index (χ2n) is 5.24. The average Bonchev–Trinajstić information content (AvgIpc) is 2.43. The Morgan fingerprint density at radius 2 is 2.10 bits per heavy atom. The monoisotopic (exact) mass is 273 g/mol. The number of rotatable bonds is 5. The van der Waals surface area contributed by atoms with Gasteiger partial charge in [-0.15, -0.1) is 0 Å². The molecule has 1 unspecified atom stereocenters. The first-order chi connectivity index (χ1) is 9.54. The Morgan fingerprint density at radius 3 is 2.70 bits per heavy atom. The van der Waals surface area contributed by atoms with E-state index in [4.69, 9.17) is 0 Å². The van der Waals surface area contributed by atoms with Crippen LogP contribution in [0.3, 0.4) is 0 Å². The Bertz CT molecular complexity index is 626. The molecule has 0 amide bonds. The molecule has 2 aromatic rings. The number of nitro groups is 1. The summed E-state index contributed by atoms with van der Waals surface area (Å²) in [6.45, 7) is 4.32. The van der Waals surface area contributed by atoms with Crippen molar-refractivity contribution in [3.05, 3.63) is 46.1 Å². The quantitative estimate of drug-likeness (QED) is 0.671. The number of nitro benzene ring substituents is 1. The minimum absolute atomic E-state index is 0.0647. The minimum Gasteiger partial charge on any atom is -0.316 e. The molecule has 0 aliphatic carbocycles. The van der Waals surface area contributed by atoms with Gasteiger partial charge in [-0.2, -0.15) is 0 Å². The number of fused-ring (bicyclic) bond motifs is 1. The van der Waals surface area contributed by atoms with Crippen molar-refractivity contribution >= 4 is 16.6 Å². The molecule has 1 aromatic heterocycles. The summed E-state index contributed by atoms with van der Waals surface area (Å²) < 4.78 is 0. The van der Waals surface area contributed by atoms with Crippen molar-refractivity contribution in [3.63, 3.8) is 0 Å². The van der Waals surface area contributed by atoms with Crippen molar-refractivity contribution < 1.29 is 4.92 Å². The van der Waals surface area contributed by atoms with E-state index in [0.29, 0.717) is 17.5 Å². The molecule has 106 valence electrons. The second kappa shape index (κ2) is 5.96. The van der Waals surface area contributed by atoms with Gasteiger partial charge >= 0.3 is 0 Å². The third kappa shape index (κ3) is 2.77. The van der Waals surface area contributed by atoms with Gasteiger partial charge in [-0.3, -0.25) is 10.1 Å². The summed E-state index contributed by atoms with van der Waals surface area (Å²) in [6.07, 6.45) is 2.48. The zero-order valence-electron chi connectivity index (χ0n) is 12.0. The van der Waals surface area contributed by atoms with Crippen LogP contribution in [0.25, 0.3) is 10.9 Å². The summed E-state index contributed by atoms with van der Waals surface area (Å²) in [5, 5.41) is 15.2. The molecule has 0 radical (unpaired) electrons. The van der Waals surface area contributed by atoms with E-state index in [0.717, 1.165) is 17.4 Å². The highest BCUT2D eigenvalue weighted by Crippen LogP contribution is 2.26. The molecular weight excluding hydrogens is 254 g/mol.